The summed E-state index contributed by atoms with van der Waals surface area (Å²) >= 11 is 0. The molecule has 0 unspecified atom stereocenters. The minimum absolute atomic E-state index is 0.131. The van der Waals surface area contributed by atoms with Gasteiger partial charge in [-0.15, -0.1) is 0 Å². The zero-order valence-corrected chi connectivity index (χ0v) is 22.8. The molecule has 35 heavy (non-hydrogen) atoms. The fourth-order valence-electron chi connectivity index (χ4n) is 5.80. The van der Waals surface area contributed by atoms with Gasteiger partial charge in [0.25, 0.3) is 8.32 Å². The molecule has 2 aromatic carbocycles. The lowest BCUT2D eigenvalue weighted by atomic mass is 9.99. The van der Waals surface area contributed by atoms with Crippen molar-refractivity contribution >= 4 is 18.7 Å². The third-order valence-electron chi connectivity index (χ3n) is 7.13. The molecule has 5 atom stereocenters. The van der Waals surface area contributed by atoms with E-state index in [1.54, 1.807) is 0 Å². The minimum atomic E-state index is -2.72. The van der Waals surface area contributed by atoms with E-state index in [0.717, 1.165) is 0 Å². The van der Waals surface area contributed by atoms with Gasteiger partial charge in [0.2, 0.25) is 0 Å². The summed E-state index contributed by atoms with van der Waals surface area (Å²) in [6, 6.07) is 21.2. The van der Waals surface area contributed by atoms with E-state index in [1.807, 2.05) is 27.7 Å². The summed E-state index contributed by atoms with van der Waals surface area (Å²) in [5.41, 5.74) is 0. The summed E-state index contributed by atoms with van der Waals surface area (Å²) in [6.45, 7) is 14.8. The predicted molar refractivity (Wildman–Crippen MR) is 136 cm³/mol. The Morgan fingerprint density at radius 1 is 0.714 bits per heavy atom. The Kier molecular flexibility index (Phi) is 6.28. The maximum atomic E-state index is 7.16. The summed E-state index contributed by atoms with van der Waals surface area (Å²) in [7, 11) is -2.72. The van der Waals surface area contributed by atoms with Gasteiger partial charge in [-0.2, -0.15) is 0 Å². The second-order valence-corrected chi connectivity index (χ2v) is 16.0. The van der Waals surface area contributed by atoms with Gasteiger partial charge in [0, 0.05) is 0 Å². The smallest absolute Gasteiger partial charge is 0.261 e. The lowest BCUT2D eigenvalue weighted by Crippen LogP contribution is -2.68. The maximum Gasteiger partial charge on any atom is 0.261 e. The van der Waals surface area contributed by atoms with Crippen LogP contribution in [0.3, 0.4) is 0 Å². The van der Waals surface area contributed by atoms with Gasteiger partial charge >= 0.3 is 0 Å². The van der Waals surface area contributed by atoms with Crippen LogP contribution in [0.1, 0.15) is 48.5 Å². The van der Waals surface area contributed by atoms with Crippen LogP contribution in [0.15, 0.2) is 60.7 Å². The lowest BCUT2D eigenvalue weighted by Gasteiger charge is -2.45. The van der Waals surface area contributed by atoms with Gasteiger partial charge < -0.3 is 28.1 Å². The summed E-state index contributed by atoms with van der Waals surface area (Å²) in [5.74, 6) is -1.48. The fraction of sp³-hybridized carbons (Fsp3) is 0.571. The van der Waals surface area contributed by atoms with Crippen molar-refractivity contribution in [3.63, 3.8) is 0 Å². The molecule has 3 saturated heterocycles. The zero-order chi connectivity index (χ0) is 25.1. The average Bonchev–Trinajstić information content (AvgIpc) is 3.28. The Morgan fingerprint density at radius 2 is 1.20 bits per heavy atom. The first-order valence-electron chi connectivity index (χ1n) is 12.5. The molecule has 190 valence electrons. The van der Waals surface area contributed by atoms with Crippen molar-refractivity contribution in [3.05, 3.63) is 60.7 Å². The average molecular weight is 499 g/mol. The Bertz CT molecular complexity index is 979. The molecule has 5 rings (SSSR count). The largest absolute Gasteiger partial charge is 0.405 e. The number of rotatable bonds is 5. The van der Waals surface area contributed by atoms with Gasteiger partial charge in [-0.3, -0.25) is 0 Å². The van der Waals surface area contributed by atoms with Crippen LogP contribution in [-0.4, -0.2) is 57.2 Å². The van der Waals surface area contributed by atoms with Crippen molar-refractivity contribution in [1.29, 1.82) is 0 Å². The molecule has 3 fully saturated rings. The van der Waals surface area contributed by atoms with Gasteiger partial charge in [0.1, 0.15) is 24.4 Å². The van der Waals surface area contributed by atoms with Crippen LogP contribution < -0.4 is 10.4 Å². The van der Waals surface area contributed by atoms with Crippen LogP contribution in [0, 0.1) is 0 Å². The summed E-state index contributed by atoms with van der Waals surface area (Å²) in [6.07, 6.45) is -1.85. The molecule has 0 spiro atoms. The molecule has 0 saturated carbocycles. The molecule has 0 amide bonds. The summed E-state index contributed by atoms with van der Waals surface area (Å²) in [4.78, 5) is 0. The number of hydrogen-bond donors (Lipinski definition) is 0. The quantitative estimate of drug-likeness (QED) is 0.582. The molecule has 3 aliphatic rings. The molecule has 0 bridgehead atoms. The van der Waals surface area contributed by atoms with Crippen LogP contribution in [0.2, 0.25) is 5.04 Å². The number of ether oxygens (including phenoxy) is 5. The molecule has 3 aliphatic heterocycles. The number of hydrogen-bond acceptors (Lipinski definition) is 6. The normalized spacial score (nSPS) is 31.7. The second-order valence-electron chi connectivity index (χ2n) is 11.7. The summed E-state index contributed by atoms with van der Waals surface area (Å²) < 4.78 is 38.6. The molecule has 2 aromatic rings. The molecular weight excluding hydrogens is 460 g/mol. The molecule has 0 radical (unpaired) electrons. The lowest BCUT2D eigenvalue weighted by molar-refractivity contribution is -0.239. The predicted octanol–water partition coefficient (Wildman–Crippen LogP) is 3.96. The SMILES string of the molecule is CC1(C)O[C@H]2[C@@H](O1)[C@@H](CO[Si](c1ccccc1)(c1ccccc1)C(C)(C)C)O[C@H]1OC(C)(C)O[C@@H]12. The van der Waals surface area contributed by atoms with Crippen molar-refractivity contribution in [2.24, 2.45) is 0 Å². The summed E-state index contributed by atoms with van der Waals surface area (Å²) in [5, 5.41) is 2.33. The van der Waals surface area contributed by atoms with E-state index in [9.17, 15) is 0 Å². The first-order valence-corrected chi connectivity index (χ1v) is 14.4. The van der Waals surface area contributed by atoms with Gasteiger partial charge in [0.15, 0.2) is 17.9 Å². The van der Waals surface area contributed by atoms with Crippen molar-refractivity contribution in [1.82, 2.24) is 0 Å². The highest BCUT2D eigenvalue weighted by Gasteiger charge is 2.61. The standard InChI is InChI=1S/C28H38O6Si/c1-26(2,3)35(19-14-10-8-11-15-19,20-16-12-9-13-17-20)29-18-21-22-23(32-27(4,5)31-22)24-25(30-21)34-28(6,7)33-24/h8-17,21-25H,18H2,1-7H3/t21-,22+,23+,24-,25+/m1/s1. The third-order valence-corrected chi connectivity index (χ3v) is 12.1. The van der Waals surface area contributed by atoms with E-state index >= 15 is 0 Å². The van der Waals surface area contributed by atoms with E-state index < -0.39 is 26.2 Å². The van der Waals surface area contributed by atoms with E-state index in [-0.39, 0.29) is 29.5 Å². The third kappa shape index (κ3) is 4.52. The molecular formula is C28H38O6Si. The van der Waals surface area contributed by atoms with Gasteiger partial charge in [0.05, 0.1) is 6.61 Å². The van der Waals surface area contributed by atoms with Crippen LogP contribution in [0.4, 0.5) is 0 Å². The van der Waals surface area contributed by atoms with Crippen LogP contribution in [0.25, 0.3) is 0 Å². The Morgan fingerprint density at radius 3 is 1.74 bits per heavy atom. The first kappa shape index (κ1) is 25.1. The Balaban J connectivity index is 1.50. The van der Waals surface area contributed by atoms with E-state index in [4.69, 9.17) is 28.1 Å². The molecule has 3 heterocycles. The van der Waals surface area contributed by atoms with E-state index in [2.05, 4.69) is 81.4 Å². The highest BCUT2D eigenvalue weighted by molar-refractivity contribution is 6.99. The highest BCUT2D eigenvalue weighted by atomic mass is 28.4. The van der Waals surface area contributed by atoms with Crippen LogP contribution in [-0.2, 0) is 28.1 Å². The highest BCUT2D eigenvalue weighted by Crippen LogP contribution is 2.45. The molecule has 7 heteroatoms. The maximum absolute atomic E-state index is 7.16. The van der Waals surface area contributed by atoms with Crippen molar-refractivity contribution in [2.75, 3.05) is 6.61 Å². The topological polar surface area (TPSA) is 55.4 Å². The fourth-order valence-corrected chi connectivity index (χ4v) is 10.4. The van der Waals surface area contributed by atoms with E-state index in [0.29, 0.717) is 6.61 Å². The Labute approximate surface area is 209 Å². The molecule has 0 N–H and O–H groups in total. The Hall–Kier alpha value is -1.58. The number of benzene rings is 2. The molecule has 6 nitrogen and oxygen atoms in total. The van der Waals surface area contributed by atoms with Gasteiger partial charge in [-0.05, 0) is 43.1 Å². The van der Waals surface area contributed by atoms with Gasteiger partial charge in [-0.25, -0.2) is 0 Å². The van der Waals surface area contributed by atoms with Crippen LogP contribution in [0.5, 0.6) is 0 Å². The molecule has 0 aromatic heterocycles. The van der Waals surface area contributed by atoms with E-state index in [1.165, 1.54) is 10.4 Å². The van der Waals surface area contributed by atoms with Gasteiger partial charge in [-0.1, -0.05) is 81.4 Å². The monoisotopic (exact) mass is 498 g/mol. The first-order chi connectivity index (χ1) is 16.4. The van der Waals surface area contributed by atoms with Crippen molar-refractivity contribution in [3.8, 4) is 0 Å². The van der Waals surface area contributed by atoms with Crippen molar-refractivity contribution in [2.45, 2.75) is 95.8 Å². The van der Waals surface area contributed by atoms with Crippen molar-refractivity contribution < 1.29 is 28.1 Å². The minimum Gasteiger partial charge on any atom is -0.405 e. The van der Waals surface area contributed by atoms with Crippen LogP contribution >= 0.6 is 0 Å². The number of fused-ring (bicyclic) bond motifs is 3. The zero-order valence-electron chi connectivity index (χ0n) is 21.8. The molecule has 0 aliphatic carbocycles. The second kappa shape index (κ2) is 8.77.